The van der Waals surface area contributed by atoms with E-state index in [-0.39, 0.29) is 16.5 Å². The van der Waals surface area contributed by atoms with Gasteiger partial charge < -0.3 is 9.84 Å². The Hall–Kier alpha value is -3.32. The number of nitrogens with one attached hydrogen (secondary N) is 1. The molecule has 132 valence electrons. The Kier molecular flexibility index (Phi) is 5.19. The lowest BCUT2D eigenvalue weighted by atomic mass is 10.2. The molecule has 8 heteroatoms. The number of aromatic hydroxyl groups is 1. The number of rotatable bonds is 5. The maximum atomic E-state index is 12.4. The molecule has 0 radical (unpaired) electrons. The summed E-state index contributed by atoms with van der Waals surface area (Å²) >= 11 is 6.14. The highest BCUT2D eigenvalue weighted by Crippen LogP contribution is 2.25. The normalized spacial score (nSPS) is 10.8. The molecule has 7 nitrogen and oxygen atoms in total. The van der Waals surface area contributed by atoms with E-state index in [1.807, 2.05) is 6.07 Å². The van der Waals surface area contributed by atoms with Crippen LogP contribution in [0.3, 0.4) is 0 Å². The fraction of sp³-hybridized carbons (Fsp3) is 0.0556. The Labute approximate surface area is 154 Å². The molecule has 0 aliphatic carbocycles. The van der Waals surface area contributed by atoms with Gasteiger partial charge in [-0.3, -0.25) is 10.2 Å². The third-order valence-corrected chi connectivity index (χ3v) is 3.89. The number of phenols is 1. The van der Waals surface area contributed by atoms with Crippen molar-refractivity contribution in [3.63, 3.8) is 0 Å². The number of ether oxygens (including phenoxy) is 1. The van der Waals surface area contributed by atoms with Crippen molar-refractivity contribution in [2.24, 2.45) is 5.10 Å². The first-order chi connectivity index (χ1) is 12.6. The van der Waals surface area contributed by atoms with E-state index < -0.39 is 5.56 Å². The van der Waals surface area contributed by atoms with Crippen LogP contribution in [0.2, 0.25) is 5.02 Å². The second-order valence-electron chi connectivity index (χ2n) is 5.23. The van der Waals surface area contributed by atoms with Crippen molar-refractivity contribution in [3.05, 3.63) is 75.7 Å². The third-order valence-electron chi connectivity index (χ3n) is 3.52. The Morgan fingerprint density at radius 1 is 1.27 bits per heavy atom. The Morgan fingerprint density at radius 3 is 2.77 bits per heavy atom. The number of hydrogen-bond donors (Lipinski definition) is 2. The second-order valence-corrected chi connectivity index (χ2v) is 5.60. The molecule has 0 bridgehead atoms. The van der Waals surface area contributed by atoms with Gasteiger partial charge in [0.2, 0.25) is 0 Å². The van der Waals surface area contributed by atoms with Crippen molar-refractivity contribution in [2.75, 3.05) is 12.5 Å². The van der Waals surface area contributed by atoms with Crippen LogP contribution in [0.1, 0.15) is 5.56 Å². The molecule has 0 amide bonds. The van der Waals surface area contributed by atoms with Crippen LogP contribution in [0.25, 0.3) is 5.69 Å². The van der Waals surface area contributed by atoms with Crippen molar-refractivity contribution in [1.29, 1.82) is 0 Å². The predicted octanol–water partition coefficient (Wildman–Crippen LogP) is 3.05. The van der Waals surface area contributed by atoms with Gasteiger partial charge in [0.25, 0.3) is 5.56 Å². The molecule has 0 spiro atoms. The van der Waals surface area contributed by atoms with Crippen molar-refractivity contribution < 1.29 is 9.84 Å². The highest BCUT2D eigenvalue weighted by molar-refractivity contribution is 6.32. The van der Waals surface area contributed by atoms with E-state index in [1.54, 1.807) is 36.4 Å². The summed E-state index contributed by atoms with van der Waals surface area (Å²) in [7, 11) is 1.46. The van der Waals surface area contributed by atoms with Gasteiger partial charge in [-0.25, -0.2) is 0 Å². The second kappa shape index (κ2) is 7.71. The van der Waals surface area contributed by atoms with Gasteiger partial charge in [0.1, 0.15) is 10.7 Å². The highest BCUT2D eigenvalue weighted by atomic mass is 35.5. The molecular weight excluding hydrogens is 356 g/mol. The SMILES string of the molecule is COc1cc(/C=N/Nc2cnn(-c3ccccc3)c(=O)c2Cl)ccc1O. The van der Waals surface area contributed by atoms with Crippen molar-refractivity contribution >= 4 is 23.5 Å². The molecule has 0 saturated heterocycles. The number of benzene rings is 2. The van der Waals surface area contributed by atoms with E-state index in [2.05, 4.69) is 15.6 Å². The number of anilines is 1. The lowest BCUT2D eigenvalue weighted by Crippen LogP contribution is -2.22. The molecule has 0 fully saturated rings. The fourth-order valence-corrected chi connectivity index (χ4v) is 2.39. The lowest BCUT2D eigenvalue weighted by molar-refractivity contribution is 0.373. The highest BCUT2D eigenvalue weighted by Gasteiger charge is 2.10. The van der Waals surface area contributed by atoms with E-state index in [0.29, 0.717) is 17.0 Å². The summed E-state index contributed by atoms with van der Waals surface area (Å²) in [4.78, 5) is 12.4. The molecule has 0 saturated carbocycles. The maximum absolute atomic E-state index is 12.4. The van der Waals surface area contributed by atoms with Gasteiger partial charge >= 0.3 is 0 Å². The fourth-order valence-electron chi connectivity index (χ4n) is 2.21. The maximum Gasteiger partial charge on any atom is 0.292 e. The van der Waals surface area contributed by atoms with Crippen LogP contribution in [0.5, 0.6) is 11.5 Å². The van der Waals surface area contributed by atoms with Crippen LogP contribution in [-0.2, 0) is 0 Å². The summed E-state index contributed by atoms with van der Waals surface area (Å²) in [5.74, 6) is 0.369. The van der Waals surface area contributed by atoms with E-state index in [9.17, 15) is 9.90 Å². The summed E-state index contributed by atoms with van der Waals surface area (Å²) in [6.07, 6.45) is 2.92. The van der Waals surface area contributed by atoms with Gasteiger partial charge in [0, 0.05) is 0 Å². The smallest absolute Gasteiger partial charge is 0.292 e. The quantitative estimate of drug-likeness (QED) is 0.532. The van der Waals surface area contributed by atoms with E-state index in [0.717, 1.165) is 0 Å². The number of para-hydroxylation sites is 1. The average molecular weight is 371 g/mol. The number of phenolic OH excluding ortho intramolecular Hbond substituents is 1. The van der Waals surface area contributed by atoms with Gasteiger partial charge in [-0.05, 0) is 35.9 Å². The molecular formula is C18H15ClN4O3. The summed E-state index contributed by atoms with van der Waals surface area (Å²) in [5, 5.41) is 17.7. The molecule has 0 aliphatic rings. The van der Waals surface area contributed by atoms with Crippen LogP contribution >= 0.6 is 11.6 Å². The summed E-state index contributed by atoms with van der Waals surface area (Å²) < 4.78 is 6.24. The van der Waals surface area contributed by atoms with E-state index in [1.165, 1.54) is 30.3 Å². The first-order valence-corrected chi connectivity index (χ1v) is 7.97. The molecule has 0 unspecified atom stereocenters. The molecule has 3 aromatic rings. The van der Waals surface area contributed by atoms with Gasteiger partial charge in [-0.2, -0.15) is 14.9 Å². The zero-order valence-electron chi connectivity index (χ0n) is 13.8. The molecule has 3 rings (SSSR count). The zero-order chi connectivity index (χ0) is 18.5. The summed E-state index contributed by atoms with van der Waals surface area (Å²) in [6, 6.07) is 13.8. The number of nitrogens with zero attached hydrogens (tertiary/aromatic N) is 3. The molecule has 2 aromatic carbocycles. The van der Waals surface area contributed by atoms with E-state index >= 15 is 0 Å². The largest absolute Gasteiger partial charge is 0.504 e. The minimum atomic E-state index is -0.454. The van der Waals surface area contributed by atoms with Crippen molar-refractivity contribution in [1.82, 2.24) is 9.78 Å². The van der Waals surface area contributed by atoms with Gasteiger partial charge in [0.15, 0.2) is 11.5 Å². The minimum Gasteiger partial charge on any atom is -0.504 e. The lowest BCUT2D eigenvalue weighted by Gasteiger charge is -2.07. The number of halogens is 1. The van der Waals surface area contributed by atoms with Crippen LogP contribution in [-0.4, -0.2) is 28.2 Å². The molecule has 26 heavy (non-hydrogen) atoms. The Balaban J connectivity index is 1.81. The monoisotopic (exact) mass is 370 g/mol. The standard InChI is InChI=1S/C18H15ClN4O3/c1-26-16-9-12(7-8-15(16)24)10-20-22-14-11-21-23(18(25)17(14)19)13-5-3-2-4-6-13/h2-11,22,24H,1H3/b20-10+. The topological polar surface area (TPSA) is 88.7 Å². The predicted molar refractivity (Wildman–Crippen MR) is 101 cm³/mol. The Morgan fingerprint density at radius 2 is 2.04 bits per heavy atom. The molecule has 1 aromatic heterocycles. The third kappa shape index (κ3) is 3.68. The summed E-state index contributed by atoms with van der Waals surface area (Å²) in [5.41, 5.74) is 3.83. The van der Waals surface area contributed by atoms with Crippen molar-refractivity contribution in [2.45, 2.75) is 0 Å². The number of methoxy groups -OCH3 is 1. The first-order valence-electron chi connectivity index (χ1n) is 7.59. The van der Waals surface area contributed by atoms with Crippen molar-refractivity contribution in [3.8, 4) is 17.2 Å². The minimum absolute atomic E-state index is 0.0238. The van der Waals surface area contributed by atoms with Gasteiger partial charge in [-0.15, -0.1) is 0 Å². The van der Waals surface area contributed by atoms with Crippen LogP contribution in [0.4, 0.5) is 5.69 Å². The van der Waals surface area contributed by atoms with Crippen LogP contribution < -0.4 is 15.7 Å². The molecule has 0 atom stereocenters. The van der Waals surface area contributed by atoms with Gasteiger partial charge in [-0.1, -0.05) is 29.8 Å². The molecule has 2 N–H and O–H groups in total. The van der Waals surface area contributed by atoms with Gasteiger partial charge in [0.05, 0.1) is 25.2 Å². The summed E-state index contributed by atoms with van der Waals surface area (Å²) in [6.45, 7) is 0. The first kappa shape index (κ1) is 17.5. The average Bonchev–Trinajstić information content (AvgIpc) is 2.67. The number of hydrogen-bond acceptors (Lipinski definition) is 6. The van der Waals surface area contributed by atoms with Crippen LogP contribution in [0, 0.1) is 0 Å². The number of hydrazone groups is 1. The number of aromatic nitrogens is 2. The Bertz CT molecular complexity index is 1000. The van der Waals surface area contributed by atoms with Crippen LogP contribution in [0.15, 0.2) is 64.6 Å². The molecule has 0 aliphatic heterocycles. The van der Waals surface area contributed by atoms with E-state index in [4.69, 9.17) is 16.3 Å². The molecule has 1 heterocycles. The zero-order valence-corrected chi connectivity index (χ0v) is 14.5.